The lowest BCUT2D eigenvalue weighted by Gasteiger charge is -2.08. The predicted molar refractivity (Wildman–Crippen MR) is 58.6 cm³/mol. The van der Waals surface area contributed by atoms with Crippen LogP contribution in [0.5, 0.6) is 0 Å². The van der Waals surface area contributed by atoms with E-state index in [0.717, 1.165) is 13.0 Å². The molecule has 1 atom stereocenters. The van der Waals surface area contributed by atoms with E-state index in [9.17, 15) is 0 Å². The van der Waals surface area contributed by atoms with Crippen molar-refractivity contribution in [2.45, 2.75) is 41.0 Å². The van der Waals surface area contributed by atoms with E-state index >= 15 is 0 Å². The minimum atomic E-state index is 0.602. The Morgan fingerprint density at radius 3 is 2.23 bits per heavy atom. The van der Waals surface area contributed by atoms with Crippen molar-refractivity contribution in [1.82, 2.24) is 0 Å². The molecule has 1 unspecified atom stereocenters. The number of rotatable bonds is 5. The maximum atomic E-state index is 5.40. The van der Waals surface area contributed by atoms with E-state index in [2.05, 4.69) is 26.8 Å². The average Bonchev–Trinajstić information content (AvgIpc) is 2.00. The molecule has 0 bridgehead atoms. The fourth-order valence-corrected chi connectivity index (χ4v) is 0.884. The van der Waals surface area contributed by atoms with E-state index in [-0.39, 0.29) is 0 Å². The zero-order valence-electron chi connectivity index (χ0n) is 9.55. The molecule has 0 saturated heterocycles. The van der Waals surface area contributed by atoms with E-state index in [1.165, 1.54) is 11.1 Å². The highest BCUT2D eigenvalue weighted by Gasteiger charge is 1.98. The van der Waals surface area contributed by atoms with Crippen LogP contribution in [0.4, 0.5) is 0 Å². The first-order valence-electron chi connectivity index (χ1n) is 4.90. The fraction of sp³-hybridized carbons (Fsp3) is 0.667. The SMILES string of the molecule is CC(C)=CCC(C)COC=C(C)C. The molecule has 0 aromatic heterocycles. The van der Waals surface area contributed by atoms with Crippen molar-refractivity contribution in [2.24, 2.45) is 5.92 Å². The van der Waals surface area contributed by atoms with Gasteiger partial charge >= 0.3 is 0 Å². The summed E-state index contributed by atoms with van der Waals surface area (Å²) in [4.78, 5) is 0. The molecule has 0 fully saturated rings. The van der Waals surface area contributed by atoms with E-state index < -0.39 is 0 Å². The number of hydrogen-bond acceptors (Lipinski definition) is 1. The molecule has 0 aromatic carbocycles. The Bertz CT molecular complexity index is 181. The Morgan fingerprint density at radius 2 is 1.77 bits per heavy atom. The second-order valence-corrected chi connectivity index (χ2v) is 4.15. The van der Waals surface area contributed by atoms with Crippen LogP contribution < -0.4 is 0 Å². The van der Waals surface area contributed by atoms with E-state index in [1.807, 2.05) is 20.1 Å². The van der Waals surface area contributed by atoms with E-state index in [1.54, 1.807) is 0 Å². The van der Waals surface area contributed by atoms with Crippen molar-refractivity contribution in [3.8, 4) is 0 Å². The normalized spacial score (nSPS) is 11.8. The van der Waals surface area contributed by atoms with Crippen LogP contribution in [-0.2, 0) is 4.74 Å². The number of hydrogen-bond donors (Lipinski definition) is 0. The van der Waals surface area contributed by atoms with Crippen LogP contribution in [0.3, 0.4) is 0 Å². The summed E-state index contributed by atoms with van der Waals surface area (Å²) in [7, 11) is 0. The molecule has 1 heteroatoms. The first-order valence-corrected chi connectivity index (χ1v) is 4.90. The van der Waals surface area contributed by atoms with Crippen LogP contribution in [0, 0.1) is 5.92 Å². The van der Waals surface area contributed by atoms with Crippen LogP contribution >= 0.6 is 0 Å². The third-order valence-electron chi connectivity index (χ3n) is 1.63. The number of ether oxygens (including phenoxy) is 1. The molecule has 0 spiro atoms. The Morgan fingerprint density at radius 1 is 1.15 bits per heavy atom. The summed E-state index contributed by atoms with van der Waals surface area (Å²) in [5.74, 6) is 0.602. The molecule has 0 N–H and O–H groups in total. The predicted octanol–water partition coefficient (Wildman–Crippen LogP) is 3.92. The summed E-state index contributed by atoms with van der Waals surface area (Å²) in [5, 5.41) is 0. The molecule has 0 radical (unpaired) electrons. The molecule has 0 saturated carbocycles. The van der Waals surface area contributed by atoms with Crippen LogP contribution in [0.2, 0.25) is 0 Å². The van der Waals surface area contributed by atoms with Crippen LogP contribution in [0.25, 0.3) is 0 Å². The van der Waals surface area contributed by atoms with E-state index in [4.69, 9.17) is 4.74 Å². The summed E-state index contributed by atoms with van der Waals surface area (Å²) in [6.07, 6.45) is 5.20. The Hall–Kier alpha value is -0.720. The quantitative estimate of drug-likeness (QED) is 0.462. The van der Waals surface area contributed by atoms with Gasteiger partial charge in [0, 0.05) is 0 Å². The lowest BCUT2D eigenvalue weighted by Crippen LogP contribution is -2.01. The van der Waals surface area contributed by atoms with Gasteiger partial charge in [0.2, 0.25) is 0 Å². The van der Waals surface area contributed by atoms with Crippen LogP contribution in [0.15, 0.2) is 23.5 Å². The molecule has 0 aliphatic carbocycles. The zero-order chi connectivity index (χ0) is 10.3. The van der Waals surface area contributed by atoms with Gasteiger partial charge in [0.15, 0.2) is 0 Å². The van der Waals surface area contributed by atoms with Gasteiger partial charge in [-0.05, 0) is 45.6 Å². The third kappa shape index (κ3) is 9.19. The topological polar surface area (TPSA) is 9.23 Å². The van der Waals surface area contributed by atoms with Crippen LogP contribution in [0.1, 0.15) is 41.0 Å². The molecule has 0 aromatic rings. The summed E-state index contributed by atoms with van der Waals surface area (Å²) >= 11 is 0. The fourth-order valence-electron chi connectivity index (χ4n) is 0.884. The second-order valence-electron chi connectivity index (χ2n) is 4.15. The van der Waals surface area contributed by atoms with Crippen molar-refractivity contribution in [3.05, 3.63) is 23.5 Å². The van der Waals surface area contributed by atoms with Gasteiger partial charge in [-0.1, -0.05) is 18.6 Å². The smallest absolute Gasteiger partial charge is 0.0901 e. The Labute approximate surface area is 82.5 Å². The molecule has 76 valence electrons. The zero-order valence-corrected chi connectivity index (χ0v) is 9.55. The summed E-state index contributed by atoms with van der Waals surface area (Å²) < 4.78 is 5.40. The second kappa shape index (κ2) is 6.76. The average molecular weight is 182 g/mol. The highest BCUT2D eigenvalue weighted by atomic mass is 16.5. The van der Waals surface area contributed by atoms with Gasteiger partial charge in [0.05, 0.1) is 12.9 Å². The van der Waals surface area contributed by atoms with Gasteiger partial charge in [-0.3, -0.25) is 0 Å². The van der Waals surface area contributed by atoms with Gasteiger partial charge < -0.3 is 4.74 Å². The van der Waals surface area contributed by atoms with Gasteiger partial charge in [0.1, 0.15) is 0 Å². The minimum absolute atomic E-state index is 0.602. The van der Waals surface area contributed by atoms with Crippen molar-refractivity contribution in [1.29, 1.82) is 0 Å². The van der Waals surface area contributed by atoms with Crippen molar-refractivity contribution in [3.63, 3.8) is 0 Å². The first kappa shape index (κ1) is 12.3. The molecule has 0 aliphatic heterocycles. The molecule has 13 heavy (non-hydrogen) atoms. The highest BCUT2D eigenvalue weighted by Crippen LogP contribution is 2.06. The Balaban J connectivity index is 3.58. The van der Waals surface area contributed by atoms with E-state index in [0.29, 0.717) is 5.92 Å². The van der Waals surface area contributed by atoms with Crippen molar-refractivity contribution in [2.75, 3.05) is 6.61 Å². The minimum Gasteiger partial charge on any atom is -0.501 e. The lowest BCUT2D eigenvalue weighted by atomic mass is 10.1. The Kier molecular flexibility index (Phi) is 6.38. The maximum Gasteiger partial charge on any atom is 0.0901 e. The van der Waals surface area contributed by atoms with Gasteiger partial charge in [-0.15, -0.1) is 0 Å². The van der Waals surface area contributed by atoms with Gasteiger partial charge in [-0.25, -0.2) is 0 Å². The third-order valence-corrected chi connectivity index (χ3v) is 1.63. The molecule has 0 amide bonds. The van der Waals surface area contributed by atoms with Crippen LogP contribution in [-0.4, -0.2) is 6.61 Å². The van der Waals surface area contributed by atoms with Gasteiger partial charge in [-0.2, -0.15) is 0 Å². The maximum absolute atomic E-state index is 5.40. The molecule has 1 nitrogen and oxygen atoms in total. The van der Waals surface area contributed by atoms with Crippen molar-refractivity contribution < 1.29 is 4.74 Å². The largest absolute Gasteiger partial charge is 0.501 e. The molecular formula is C12H22O. The summed E-state index contributed by atoms with van der Waals surface area (Å²) in [6.45, 7) is 11.4. The number of allylic oxidation sites excluding steroid dienone is 3. The highest BCUT2D eigenvalue weighted by molar-refractivity contribution is 4.93. The monoisotopic (exact) mass is 182 g/mol. The molecule has 0 rings (SSSR count). The molecule has 0 heterocycles. The van der Waals surface area contributed by atoms with Crippen molar-refractivity contribution >= 4 is 0 Å². The first-order chi connectivity index (χ1) is 6.02. The summed E-state index contributed by atoms with van der Waals surface area (Å²) in [5.41, 5.74) is 2.60. The standard InChI is InChI=1S/C12H22O/c1-10(2)6-7-12(5)9-13-8-11(3)4/h6,8,12H,7,9H2,1-5H3. The molecule has 0 aliphatic rings. The summed E-state index contributed by atoms with van der Waals surface area (Å²) in [6, 6.07) is 0. The lowest BCUT2D eigenvalue weighted by molar-refractivity contribution is 0.202. The molecular weight excluding hydrogens is 160 g/mol. The van der Waals surface area contributed by atoms with Gasteiger partial charge in [0.25, 0.3) is 0 Å².